The van der Waals surface area contributed by atoms with Gasteiger partial charge in [-0.05, 0) is 19.4 Å². The monoisotopic (exact) mass is 214 g/mol. The summed E-state index contributed by atoms with van der Waals surface area (Å²) in [4.78, 5) is 4.32. The highest BCUT2D eigenvalue weighted by molar-refractivity contribution is 6.08. The molecule has 1 aromatic carbocycles. The molecule has 0 atom stereocenters. The molecule has 0 aromatic heterocycles. The Balaban J connectivity index is 2.98. The van der Waals surface area contributed by atoms with Gasteiger partial charge in [-0.25, -0.2) is 0 Å². The average Bonchev–Trinajstić information content (AvgIpc) is 2.31. The van der Waals surface area contributed by atoms with Crippen molar-refractivity contribution >= 4 is 5.71 Å². The van der Waals surface area contributed by atoms with Crippen molar-refractivity contribution in [3.05, 3.63) is 59.9 Å². The van der Waals surface area contributed by atoms with Crippen LogP contribution in [0.2, 0.25) is 0 Å². The molecule has 84 valence electrons. The molecule has 0 heterocycles. The molecule has 2 nitrogen and oxygen atoms in total. The van der Waals surface area contributed by atoms with E-state index in [9.17, 15) is 0 Å². The largest absolute Gasteiger partial charge is 0.401 e. The van der Waals surface area contributed by atoms with E-state index in [0.717, 1.165) is 23.4 Å². The van der Waals surface area contributed by atoms with Gasteiger partial charge in [-0.1, -0.05) is 43.3 Å². The normalized spacial score (nSPS) is 12.6. The number of nitrogens with two attached hydrogens (primary N) is 1. The minimum atomic E-state index is 0.770. The van der Waals surface area contributed by atoms with Gasteiger partial charge < -0.3 is 5.73 Å². The van der Waals surface area contributed by atoms with Crippen LogP contribution in [0.25, 0.3) is 0 Å². The molecule has 0 unspecified atom stereocenters. The Morgan fingerprint density at radius 2 is 2.00 bits per heavy atom. The molecule has 0 bridgehead atoms. The van der Waals surface area contributed by atoms with Crippen LogP contribution < -0.4 is 5.73 Å². The van der Waals surface area contributed by atoms with Crippen molar-refractivity contribution in [1.82, 2.24) is 0 Å². The van der Waals surface area contributed by atoms with Gasteiger partial charge in [-0.2, -0.15) is 0 Å². The first-order chi connectivity index (χ1) is 7.67. The quantitative estimate of drug-likeness (QED) is 0.768. The molecule has 2 N–H and O–H groups in total. The summed E-state index contributed by atoms with van der Waals surface area (Å²) in [5.74, 6) is 0. The highest BCUT2D eigenvalue weighted by Crippen LogP contribution is 2.06. The summed E-state index contributed by atoms with van der Waals surface area (Å²) in [6, 6.07) is 8.18. The molecule has 0 aliphatic carbocycles. The maximum Gasteiger partial charge on any atom is 0.0696 e. The number of hydrogen-bond acceptors (Lipinski definition) is 2. The SMILES string of the molecule is C=CC(=N/C=C(/N)CC)c1ccc(C)cc1. The summed E-state index contributed by atoms with van der Waals surface area (Å²) >= 11 is 0. The van der Waals surface area contributed by atoms with Crippen molar-refractivity contribution in [2.24, 2.45) is 10.7 Å². The highest BCUT2D eigenvalue weighted by Gasteiger charge is 1.97. The van der Waals surface area contributed by atoms with Gasteiger partial charge in [-0.3, -0.25) is 4.99 Å². The molecule has 0 aliphatic heterocycles. The predicted octanol–water partition coefficient (Wildman–Crippen LogP) is 3.18. The number of hydrogen-bond donors (Lipinski definition) is 1. The molecule has 0 amide bonds. The molecule has 16 heavy (non-hydrogen) atoms. The topological polar surface area (TPSA) is 38.4 Å². The Hall–Kier alpha value is -1.83. The second kappa shape index (κ2) is 5.91. The first-order valence-corrected chi connectivity index (χ1v) is 5.39. The number of allylic oxidation sites excluding steroid dienone is 2. The molecule has 1 rings (SSSR count). The van der Waals surface area contributed by atoms with Crippen LogP contribution in [-0.4, -0.2) is 5.71 Å². The van der Waals surface area contributed by atoms with Gasteiger partial charge in [0.1, 0.15) is 0 Å². The summed E-state index contributed by atoms with van der Waals surface area (Å²) < 4.78 is 0. The fourth-order valence-electron chi connectivity index (χ4n) is 1.21. The fraction of sp³-hybridized carbons (Fsp3) is 0.214. The molecule has 0 fully saturated rings. The third kappa shape index (κ3) is 3.39. The summed E-state index contributed by atoms with van der Waals surface area (Å²) in [5.41, 5.74) is 9.60. The van der Waals surface area contributed by atoms with Crippen molar-refractivity contribution in [2.45, 2.75) is 20.3 Å². The molecule has 1 aromatic rings. The van der Waals surface area contributed by atoms with E-state index < -0.39 is 0 Å². The summed E-state index contributed by atoms with van der Waals surface area (Å²) in [7, 11) is 0. The molecule has 0 saturated heterocycles. The van der Waals surface area contributed by atoms with Crippen molar-refractivity contribution in [3.8, 4) is 0 Å². The van der Waals surface area contributed by atoms with Crippen LogP contribution in [0, 0.1) is 6.92 Å². The van der Waals surface area contributed by atoms with Crippen molar-refractivity contribution < 1.29 is 0 Å². The van der Waals surface area contributed by atoms with Crippen molar-refractivity contribution in [3.63, 3.8) is 0 Å². The van der Waals surface area contributed by atoms with E-state index in [1.165, 1.54) is 5.56 Å². The van der Waals surface area contributed by atoms with E-state index >= 15 is 0 Å². The smallest absolute Gasteiger partial charge is 0.0696 e. The van der Waals surface area contributed by atoms with Crippen LogP contribution in [0.4, 0.5) is 0 Å². The second-order valence-electron chi connectivity index (χ2n) is 3.64. The van der Waals surface area contributed by atoms with E-state index in [4.69, 9.17) is 5.73 Å². The third-order valence-electron chi connectivity index (χ3n) is 2.32. The lowest BCUT2D eigenvalue weighted by molar-refractivity contribution is 1.06. The standard InChI is InChI=1S/C14H18N2/c1-4-13(15)10-16-14(5-2)12-8-6-11(3)7-9-12/h5-10H,2,4,15H2,1,3H3/b13-10+,16-14?. The van der Waals surface area contributed by atoms with Crippen LogP contribution in [-0.2, 0) is 0 Å². The fourth-order valence-corrected chi connectivity index (χ4v) is 1.21. The Labute approximate surface area is 97.2 Å². The van der Waals surface area contributed by atoms with Crippen LogP contribution in [0.5, 0.6) is 0 Å². The molecule has 0 aliphatic rings. The number of nitrogens with zero attached hydrogens (tertiary/aromatic N) is 1. The van der Waals surface area contributed by atoms with E-state index in [2.05, 4.69) is 30.6 Å². The zero-order valence-corrected chi connectivity index (χ0v) is 9.90. The number of rotatable bonds is 4. The molecular weight excluding hydrogens is 196 g/mol. The van der Waals surface area contributed by atoms with Gasteiger partial charge in [0.2, 0.25) is 0 Å². The molecule has 0 spiro atoms. The molecule has 0 saturated carbocycles. The Morgan fingerprint density at radius 1 is 1.38 bits per heavy atom. The predicted molar refractivity (Wildman–Crippen MR) is 70.5 cm³/mol. The first kappa shape index (κ1) is 12.2. The minimum Gasteiger partial charge on any atom is -0.401 e. The third-order valence-corrected chi connectivity index (χ3v) is 2.32. The second-order valence-corrected chi connectivity index (χ2v) is 3.64. The van der Waals surface area contributed by atoms with Crippen LogP contribution in [0.15, 0.2) is 53.8 Å². The number of benzene rings is 1. The van der Waals surface area contributed by atoms with E-state index in [1.807, 2.05) is 19.1 Å². The van der Waals surface area contributed by atoms with Gasteiger partial charge in [0.05, 0.1) is 5.71 Å². The molecule has 0 radical (unpaired) electrons. The zero-order valence-electron chi connectivity index (χ0n) is 9.90. The lowest BCUT2D eigenvalue weighted by Gasteiger charge is -2.01. The van der Waals surface area contributed by atoms with Crippen LogP contribution >= 0.6 is 0 Å². The molecule has 2 heteroatoms. The van der Waals surface area contributed by atoms with Gasteiger partial charge >= 0.3 is 0 Å². The van der Waals surface area contributed by atoms with Gasteiger partial charge in [0.25, 0.3) is 0 Å². The van der Waals surface area contributed by atoms with E-state index in [-0.39, 0.29) is 0 Å². The summed E-state index contributed by atoms with van der Waals surface area (Å²) in [6.45, 7) is 7.82. The Bertz CT molecular complexity index is 411. The minimum absolute atomic E-state index is 0.770. The maximum absolute atomic E-state index is 5.70. The van der Waals surface area contributed by atoms with Gasteiger partial charge in [-0.15, -0.1) is 0 Å². The first-order valence-electron chi connectivity index (χ1n) is 5.39. The Morgan fingerprint density at radius 3 is 2.50 bits per heavy atom. The summed E-state index contributed by atoms with van der Waals surface area (Å²) in [6.07, 6.45) is 4.24. The number of aryl methyl sites for hydroxylation is 1. The van der Waals surface area contributed by atoms with E-state index in [1.54, 1.807) is 12.3 Å². The highest BCUT2D eigenvalue weighted by atomic mass is 14.7. The maximum atomic E-state index is 5.70. The zero-order chi connectivity index (χ0) is 12.0. The lowest BCUT2D eigenvalue weighted by atomic mass is 10.1. The van der Waals surface area contributed by atoms with Gasteiger partial charge in [0, 0.05) is 17.5 Å². The average molecular weight is 214 g/mol. The molecular formula is C14H18N2. The van der Waals surface area contributed by atoms with Gasteiger partial charge in [0.15, 0.2) is 0 Å². The Kier molecular flexibility index (Phi) is 4.52. The van der Waals surface area contributed by atoms with Crippen LogP contribution in [0.3, 0.4) is 0 Å². The number of aliphatic imine (C=N–C) groups is 1. The lowest BCUT2D eigenvalue weighted by Crippen LogP contribution is -1.98. The van der Waals surface area contributed by atoms with Crippen LogP contribution in [0.1, 0.15) is 24.5 Å². The van der Waals surface area contributed by atoms with Crippen molar-refractivity contribution in [1.29, 1.82) is 0 Å². The van der Waals surface area contributed by atoms with E-state index in [0.29, 0.717) is 0 Å². The summed E-state index contributed by atoms with van der Waals surface area (Å²) in [5, 5.41) is 0. The van der Waals surface area contributed by atoms with Crippen molar-refractivity contribution in [2.75, 3.05) is 0 Å².